The second-order valence-electron chi connectivity index (χ2n) is 7.26. The van der Waals surface area contributed by atoms with Crippen LogP contribution in [0.15, 0.2) is 22.8 Å². The largest absolute Gasteiger partial charge is 0.468 e. The lowest BCUT2D eigenvalue weighted by atomic mass is 9.79. The topological polar surface area (TPSA) is 54.7 Å². The lowest BCUT2D eigenvalue weighted by Crippen LogP contribution is -2.53. The fourth-order valence-corrected chi connectivity index (χ4v) is 3.97. The third-order valence-corrected chi connectivity index (χ3v) is 5.51. The van der Waals surface area contributed by atoms with Gasteiger partial charge in [0, 0.05) is 38.1 Å². The second-order valence-corrected chi connectivity index (χ2v) is 7.26. The van der Waals surface area contributed by atoms with Gasteiger partial charge in [-0.05, 0) is 43.7 Å². The van der Waals surface area contributed by atoms with E-state index in [2.05, 4.69) is 10.2 Å². The Hall–Kier alpha value is -1.33. The molecule has 0 unspecified atom stereocenters. The van der Waals surface area contributed by atoms with Crippen molar-refractivity contribution in [3.05, 3.63) is 24.2 Å². The van der Waals surface area contributed by atoms with Gasteiger partial charge in [-0.3, -0.25) is 9.69 Å². The van der Waals surface area contributed by atoms with Crippen LogP contribution in [0.2, 0.25) is 0 Å². The zero-order valence-corrected chi connectivity index (χ0v) is 13.6. The molecule has 0 aromatic carbocycles. The fraction of sp³-hybridized carbons (Fsp3) is 0.722. The number of nitrogens with zero attached hydrogens (tertiary/aromatic N) is 1. The summed E-state index contributed by atoms with van der Waals surface area (Å²) in [6.45, 7) is 4.35. The van der Waals surface area contributed by atoms with Gasteiger partial charge in [0.15, 0.2) is 0 Å². The van der Waals surface area contributed by atoms with Crippen LogP contribution < -0.4 is 5.32 Å². The Balaban J connectivity index is 1.37. The Morgan fingerprint density at radius 1 is 1.30 bits per heavy atom. The van der Waals surface area contributed by atoms with Crippen LogP contribution in [-0.4, -0.2) is 43.2 Å². The highest BCUT2D eigenvalue weighted by Gasteiger charge is 2.41. The van der Waals surface area contributed by atoms with Crippen molar-refractivity contribution in [1.29, 1.82) is 0 Å². The van der Waals surface area contributed by atoms with Crippen molar-refractivity contribution in [2.75, 3.05) is 26.2 Å². The van der Waals surface area contributed by atoms with Crippen LogP contribution >= 0.6 is 0 Å². The molecule has 5 heteroatoms. The van der Waals surface area contributed by atoms with Crippen LogP contribution in [-0.2, 0) is 16.1 Å². The molecule has 1 amide bonds. The summed E-state index contributed by atoms with van der Waals surface area (Å²) in [7, 11) is 0. The average Bonchev–Trinajstić information content (AvgIpc) is 3.27. The maximum atomic E-state index is 12.6. The van der Waals surface area contributed by atoms with Crippen LogP contribution in [0.3, 0.4) is 0 Å². The number of hydrogen-bond acceptors (Lipinski definition) is 4. The first-order valence-corrected chi connectivity index (χ1v) is 8.93. The molecule has 3 heterocycles. The summed E-state index contributed by atoms with van der Waals surface area (Å²) in [5.74, 6) is 2.39. The fourth-order valence-electron chi connectivity index (χ4n) is 3.97. The van der Waals surface area contributed by atoms with E-state index in [1.807, 2.05) is 12.1 Å². The van der Waals surface area contributed by atoms with Crippen molar-refractivity contribution < 1.29 is 13.9 Å². The van der Waals surface area contributed by atoms with Crippen LogP contribution in [0.4, 0.5) is 0 Å². The minimum Gasteiger partial charge on any atom is -0.468 e. The number of amides is 1. The van der Waals surface area contributed by atoms with Crippen LogP contribution in [0.1, 0.15) is 31.4 Å². The number of furan rings is 1. The number of nitrogens with one attached hydrogen (secondary N) is 1. The smallest absolute Gasteiger partial charge is 0.223 e. The number of rotatable bonds is 5. The van der Waals surface area contributed by atoms with Gasteiger partial charge in [-0.2, -0.15) is 0 Å². The van der Waals surface area contributed by atoms with Crippen molar-refractivity contribution >= 4 is 5.91 Å². The van der Waals surface area contributed by atoms with Crippen molar-refractivity contribution in [3.8, 4) is 0 Å². The second kappa shape index (κ2) is 6.65. The van der Waals surface area contributed by atoms with E-state index in [0.717, 1.165) is 57.3 Å². The first-order valence-electron chi connectivity index (χ1n) is 8.93. The summed E-state index contributed by atoms with van der Waals surface area (Å²) in [4.78, 5) is 15.0. The molecule has 1 aliphatic carbocycles. The van der Waals surface area contributed by atoms with E-state index in [4.69, 9.17) is 9.15 Å². The molecule has 5 nitrogen and oxygen atoms in total. The molecular formula is C18H26N2O3. The highest BCUT2D eigenvalue weighted by atomic mass is 16.5. The Morgan fingerprint density at radius 2 is 2.22 bits per heavy atom. The molecule has 0 radical (unpaired) electrons. The standard InChI is InChI=1S/C18H26N2O3/c21-18(19-10-13-3-4-13)15-6-9-23-17-5-7-20(12-16(15)17)11-14-2-1-8-22-14/h1-2,8,13,15-17H,3-7,9-12H2,(H,19,21)/t15-,16+,17-/m1/s1. The van der Waals surface area contributed by atoms with E-state index in [0.29, 0.717) is 5.92 Å². The van der Waals surface area contributed by atoms with E-state index in [-0.39, 0.29) is 17.9 Å². The van der Waals surface area contributed by atoms with Gasteiger partial charge in [-0.25, -0.2) is 0 Å². The average molecular weight is 318 g/mol. The van der Waals surface area contributed by atoms with Gasteiger partial charge in [0.05, 0.1) is 18.9 Å². The Bertz CT molecular complexity index is 526. The summed E-state index contributed by atoms with van der Waals surface area (Å²) in [6.07, 6.45) is 6.38. The summed E-state index contributed by atoms with van der Waals surface area (Å²) in [6, 6.07) is 3.95. The van der Waals surface area contributed by atoms with Gasteiger partial charge >= 0.3 is 0 Å². The van der Waals surface area contributed by atoms with Crippen LogP contribution in [0.5, 0.6) is 0 Å². The highest BCUT2D eigenvalue weighted by Crippen LogP contribution is 2.34. The Labute approximate surface area is 137 Å². The van der Waals surface area contributed by atoms with Gasteiger partial charge in [0.2, 0.25) is 5.91 Å². The third kappa shape index (κ3) is 3.61. The molecule has 0 bridgehead atoms. The first kappa shape index (κ1) is 15.2. The van der Waals surface area contributed by atoms with Gasteiger partial charge in [-0.1, -0.05) is 0 Å². The minimum atomic E-state index is 0.104. The van der Waals surface area contributed by atoms with E-state index >= 15 is 0 Å². The van der Waals surface area contributed by atoms with E-state index in [9.17, 15) is 4.79 Å². The molecule has 0 spiro atoms. The lowest BCUT2D eigenvalue weighted by molar-refractivity contribution is -0.142. The molecule has 4 rings (SSSR count). The minimum absolute atomic E-state index is 0.104. The van der Waals surface area contributed by atoms with Gasteiger partial charge in [0.1, 0.15) is 5.76 Å². The van der Waals surface area contributed by atoms with Crippen molar-refractivity contribution in [1.82, 2.24) is 10.2 Å². The highest BCUT2D eigenvalue weighted by molar-refractivity contribution is 5.79. The number of ether oxygens (including phenoxy) is 1. The normalized spacial score (nSPS) is 31.6. The summed E-state index contributed by atoms with van der Waals surface area (Å²) < 4.78 is 11.4. The zero-order chi connectivity index (χ0) is 15.6. The lowest BCUT2D eigenvalue weighted by Gasteiger charge is -2.44. The monoisotopic (exact) mass is 318 g/mol. The van der Waals surface area contributed by atoms with E-state index in [1.54, 1.807) is 6.26 Å². The molecule has 2 aliphatic heterocycles. The maximum absolute atomic E-state index is 12.6. The molecular weight excluding hydrogens is 292 g/mol. The van der Waals surface area contributed by atoms with Gasteiger partial charge < -0.3 is 14.5 Å². The van der Waals surface area contributed by atoms with E-state index in [1.165, 1.54) is 12.8 Å². The Morgan fingerprint density at radius 3 is 3.00 bits per heavy atom. The molecule has 1 saturated carbocycles. The van der Waals surface area contributed by atoms with Crippen LogP contribution in [0.25, 0.3) is 0 Å². The number of likely N-dealkylation sites (tertiary alicyclic amines) is 1. The predicted molar refractivity (Wildman–Crippen MR) is 85.7 cm³/mol. The molecule has 1 N–H and O–H groups in total. The number of carbonyl (C=O) groups is 1. The molecule has 2 saturated heterocycles. The molecule has 126 valence electrons. The van der Waals surface area contributed by atoms with Crippen molar-refractivity contribution in [2.24, 2.45) is 17.8 Å². The van der Waals surface area contributed by atoms with Crippen molar-refractivity contribution in [2.45, 2.75) is 38.3 Å². The Kier molecular flexibility index (Phi) is 4.40. The number of piperidine rings is 1. The molecule has 23 heavy (non-hydrogen) atoms. The number of fused-ring (bicyclic) bond motifs is 1. The van der Waals surface area contributed by atoms with Gasteiger partial charge in [0.25, 0.3) is 0 Å². The summed E-state index contributed by atoms with van der Waals surface area (Å²) in [5, 5.41) is 3.18. The molecule has 3 aliphatic rings. The van der Waals surface area contributed by atoms with Gasteiger partial charge in [-0.15, -0.1) is 0 Å². The zero-order valence-electron chi connectivity index (χ0n) is 13.6. The van der Waals surface area contributed by atoms with E-state index < -0.39 is 0 Å². The first-order chi connectivity index (χ1) is 11.3. The number of hydrogen-bond donors (Lipinski definition) is 1. The molecule has 1 aromatic heterocycles. The van der Waals surface area contributed by atoms with Crippen LogP contribution in [0, 0.1) is 17.8 Å². The SMILES string of the molecule is O=C(NCC1CC1)[C@@H]1CCO[C@@H]2CCN(Cc3ccco3)C[C@H]21. The molecule has 3 atom stereocenters. The molecule has 1 aromatic rings. The molecule has 3 fully saturated rings. The van der Waals surface area contributed by atoms with Crippen molar-refractivity contribution in [3.63, 3.8) is 0 Å². The summed E-state index contributed by atoms with van der Waals surface area (Å²) in [5.41, 5.74) is 0. The maximum Gasteiger partial charge on any atom is 0.223 e. The number of carbonyl (C=O) groups excluding carboxylic acids is 1. The quantitative estimate of drug-likeness (QED) is 0.902. The summed E-state index contributed by atoms with van der Waals surface area (Å²) >= 11 is 0. The predicted octanol–water partition coefficient (Wildman–Crippen LogP) is 2.03. The third-order valence-electron chi connectivity index (χ3n) is 5.51.